The highest BCUT2D eigenvalue weighted by molar-refractivity contribution is 5.90. The van der Waals surface area contributed by atoms with E-state index < -0.39 is 18.4 Å². The van der Waals surface area contributed by atoms with Crippen LogP contribution < -0.4 is 0 Å². The van der Waals surface area contributed by atoms with E-state index in [0.717, 1.165) is 11.1 Å². The maximum Gasteiger partial charge on any atom is 0.317 e. The van der Waals surface area contributed by atoms with Gasteiger partial charge in [-0.2, -0.15) is 0 Å². The summed E-state index contributed by atoms with van der Waals surface area (Å²) in [6, 6.07) is 3.77. The molecule has 0 unspecified atom stereocenters. The normalized spacial score (nSPS) is 12.1. The molecule has 1 aromatic carbocycles. The second-order valence-corrected chi connectivity index (χ2v) is 7.76. The van der Waals surface area contributed by atoms with Crippen LogP contribution in [0.2, 0.25) is 0 Å². The molecule has 0 aliphatic rings. The first-order valence-corrected chi connectivity index (χ1v) is 7.56. The number of hydrogen-bond acceptors (Lipinski definition) is 4. The number of carbonyl (C=O) groups excluding carboxylic acids is 1. The summed E-state index contributed by atoms with van der Waals surface area (Å²) >= 11 is 0. The lowest BCUT2D eigenvalue weighted by Crippen LogP contribution is -2.18. The number of ether oxygens (including phenoxy) is 1. The molecule has 2 N–H and O–H groups in total. The lowest BCUT2D eigenvalue weighted by atomic mass is 9.79. The summed E-state index contributed by atoms with van der Waals surface area (Å²) in [7, 11) is 0. The number of phenolic OH excluding ortho intramolecular Hbond substituents is 1. The van der Waals surface area contributed by atoms with E-state index in [1.54, 1.807) is 6.07 Å². The number of aliphatic carboxylic acids is 1. The summed E-state index contributed by atoms with van der Waals surface area (Å²) in [5.41, 5.74) is 1.87. The summed E-state index contributed by atoms with van der Waals surface area (Å²) in [4.78, 5) is 21.9. The van der Waals surface area contributed by atoms with Gasteiger partial charge in [0.25, 0.3) is 0 Å². The third-order valence-corrected chi connectivity index (χ3v) is 3.55. The van der Waals surface area contributed by atoms with Crippen LogP contribution in [0.4, 0.5) is 0 Å². The Bertz CT molecular complexity index is 603. The Hall–Kier alpha value is -2.04. The van der Waals surface area contributed by atoms with Gasteiger partial charge in [-0.05, 0) is 28.0 Å². The molecule has 0 bridgehead atoms. The zero-order chi connectivity index (χ0) is 18.0. The molecular weight excluding hydrogens is 296 g/mol. The topological polar surface area (TPSA) is 83.8 Å². The Morgan fingerprint density at radius 2 is 1.61 bits per heavy atom. The van der Waals surface area contributed by atoms with Crippen molar-refractivity contribution in [3.05, 3.63) is 28.8 Å². The lowest BCUT2D eigenvalue weighted by molar-refractivity contribution is -0.152. The van der Waals surface area contributed by atoms with Crippen LogP contribution in [0.5, 0.6) is 5.75 Å². The molecule has 0 heterocycles. The molecule has 0 aromatic heterocycles. The van der Waals surface area contributed by atoms with Gasteiger partial charge in [-0.3, -0.25) is 9.59 Å². The van der Waals surface area contributed by atoms with Crippen molar-refractivity contribution in [1.82, 2.24) is 0 Å². The first kappa shape index (κ1) is 19.0. The number of carboxylic acid groups (broad SMARTS) is 1. The van der Waals surface area contributed by atoms with Gasteiger partial charge in [-0.25, -0.2) is 0 Å². The number of hydrogen-bond donors (Lipinski definition) is 2. The largest absolute Gasteiger partial charge is 0.507 e. The maximum atomic E-state index is 11.4. The molecule has 5 nitrogen and oxygen atoms in total. The molecule has 128 valence electrons. The predicted octanol–water partition coefficient (Wildman–Crippen LogP) is 3.51. The van der Waals surface area contributed by atoms with Crippen molar-refractivity contribution >= 4 is 11.9 Å². The van der Waals surface area contributed by atoms with Gasteiger partial charge in [0.05, 0.1) is 0 Å². The summed E-state index contributed by atoms with van der Waals surface area (Å²) in [6.45, 7) is 12.0. The molecule has 0 saturated heterocycles. The number of aromatic hydroxyl groups is 1. The van der Waals surface area contributed by atoms with Gasteiger partial charge >= 0.3 is 11.9 Å². The van der Waals surface area contributed by atoms with Gasteiger partial charge in [0.2, 0.25) is 0 Å². The predicted molar refractivity (Wildman–Crippen MR) is 87.6 cm³/mol. The van der Waals surface area contributed by atoms with Crippen LogP contribution in [-0.4, -0.2) is 22.2 Å². The third kappa shape index (κ3) is 5.27. The fraction of sp³-hybridized carbons (Fsp3) is 0.556. The van der Waals surface area contributed by atoms with Crippen LogP contribution in [0.15, 0.2) is 12.1 Å². The van der Waals surface area contributed by atoms with Gasteiger partial charge < -0.3 is 14.9 Å². The first-order valence-electron chi connectivity index (χ1n) is 7.56. The molecule has 23 heavy (non-hydrogen) atoms. The highest BCUT2D eigenvalue weighted by Gasteiger charge is 2.25. The van der Waals surface area contributed by atoms with Crippen LogP contribution in [0.3, 0.4) is 0 Å². The molecule has 0 radical (unpaired) electrons. The number of benzene rings is 1. The molecule has 0 atom stereocenters. The summed E-state index contributed by atoms with van der Waals surface area (Å²) < 4.78 is 4.98. The van der Waals surface area contributed by atoms with Crippen LogP contribution in [-0.2, 0) is 31.8 Å². The van der Waals surface area contributed by atoms with E-state index in [0.29, 0.717) is 5.56 Å². The van der Waals surface area contributed by atoms with E-state index >= 15 is 0 Å². The van der Waals surface area contributed by atoms with Crippen molar-refractivity contribution in [1.29, 1.82) is 0 Å². The van der Waals surface area contributed by atoms with Gasteiger partial charge in [0, 0.05) is 5.56 Å². The molecular formula is C18H26O5. The molecule has 0 fully saturated rings. The molecule has 1 rings (SSSR count). The minimum Gasteiger partial charge on any atom is -0.507 e. The average molecular weight is 322 g/mol. The monoisotopic (exact) mass is 322 g/mol. The highest BCUT2D eigenvalue weighted by Crippen LogP contribution is 2.37. The molecule has 1 aromatic rings. The Morgan fingerprint density at radius 1 is 1.04 bits per heavy atom. The van der Waals surface area contributed by atoms with Crippen LogP contribution in [0.1, 0.15) is 64.7 Å². The summed E-state index contributed by atoms with van der Waals surface area (Å²) in [5.74, 6) is -1.97. The Kier molecular flexibility index (Phi) is 5.46. The van der Waals surface area contributed by atoms with E-state index in [2.05, 4.69) is 20.8 Å². The average Bonchev–Trinajstić information content (AvgIpc) is 2.33. The molecule has 0 spiro atoms. The quantitative estimate of drug-likeness (QED) is 0.654. The summed E-state index contributed by atoms with van der Waals surface area (Å²) in [6.07, 6.45) is -0.689. The molecule has 5 heteroatoms. The second kappa shape index (κ2) is 6.60. The SMILES string of the molecule is CC(C)(C)c1cc(COC(=O)CC(=O)O)c(O)c(C(C)(C)C)c1. The number of rotatable bonds is 4. The zero-order valence-electron chi connectivity index (χ0n) is 14.7. The van der Waals surface area contributed by atoms with E-state index in [-0.39, 0.29) is 23.2 Å². The fourth-order valence-corrected chi connectivity index (χ4v) is 2.14. The van der Waals surface area contributed by atoms with Crippen molar-refractivity contribution < 1.29 is 24.5 Å². The summed E-state index contributed by atoms with van der Waals surface area (Å²) in [5, 5.41) is 19.1. The van der Waals surface area contributed by atoms with Crippen molar-refractivity contribution in [2.24, 2.45) is 0 Å². The maximum absolute atomic E-state index is 11.4. The number of carboxylic acids is 1. The number of esters is 1. The van der Waals surface area contributed by atoms with Gasteiger partial charge in [0.1, 0.15) is 18.8 Å². The minimum absolute atomic E-state index is 0.0913. The van der Waals surface area contributed by atoms with E-state index in [4.69, 9.17) is 9.84 Å². The molecule has 0 amide bonds. The Labute approximate surface area is 137 Å². The second-order valence-electron chi connectivity index (χ2n) is 7.76. The van der Waals surface area contributed by atoms with Gasteiger partial charge in [-0.1, -0.05) is 47.6 Å². The molecule has 0 aliphatic carbocycles. The lowest BCUT2D eigenvalue weighted by Gasteiger charge is -2.27. The molecule has 0 saturated carbocycles. The first-order chi connectivity index (χ1) is 10.3. The van der Waals surface area contributed by atoms with Crippen molar-refractivity contribution in [2.45, 2.75) is 65.4 Å². The van der Waals surface area contributed by atoms with Crippen LogP contribution in [0.25, 0.3) is 0 Å². The van der Waals surface area contributed by atoms with E-state index in [1.165, 1.54) is 0 Å². The smallest absolute Gasteiger partial charge is 0.317 e. The van der Waals surface area contributed by atoms with Crippen molar-refractivity contribution in [3.63, 3.8) is 0 Å². The Morgan fingerprint density at radius 3 is 2.04 bits per heavy atom. The highest BCUT2D eigenvalue weighted by atomic mass is 16.5. The molecule has 0 aliphatic heterocycles. The van der Waals surface area contributed by atoms with E-state index in [9.17, 15) is 14.7 Å². The van der Waals surface area contributed by atoms with Gasteiger partial charge in [-0.15, -0.1) is 0 Å². The fourth-order valence-electron chi connectivity index (χ4n) is 2.14. The van der Waals surface area contributed by atoms with Crippen LogP contribution in [0, 0.1) is 0 Å². The zero-order valence-corrected chi connectivity index (χ0v) is 14.7. The standard InChI is InChI=1S/C18H26O5/c1-17(2,3)12-7-11(10-23-15(21)9-14(19)20)16(22)13(8-12)18(4,5)6/h7-8,22H,9-10H2,1-6H3,(H,19,20). The van der Waals surface area contributed by atoms with Crippen molar-refractivity contribution in [2.75, 3.05) is 0 Å². The minimum atomic E-state index is -1.24. The van der Waals surface area contributed by atoms with Gasteiger partial charge in [0.15, 0.2) is 0 Å². The van der Waals surface area contributed by atoms with Crippen molar-refractivity contribution in [3.8, 4) is 5.75 Å². The third-order valence-electron chi connectivity index (χ3n) is 3.55. The van der Waals surface area contributed by atoms with E-state index in [1.807, 2.05) is 26.8 Å². The number of carbonyl (C=O) groups is 2. The Balaban J connectivity index is 3.20. The van der Waals surface area contributed by atoms with Crippen LogP contribution >= 0.6 is 0 Å². The number of phenols is 1.